The van der Waals surface area contributed by atoms with Crippen molar-refractivity contribution in [2.75, 3.05) is 13.2 Å². The van der Waals surface area contributed by atoms with Crippen LogP contribution < -0.4 is 5.32 Å². The summed E-state index contributed by atoms with van der Waals surface area (Å²) in [6.45, 7) is 14.2. The first-order valence-corrected chi connectivity index (χ1v) is 15.7. The molecule has 40 heavy (non-hydrogen) atoms. The SMILES string of the molecule is CC(C)(C)c1nnc(-c2ccc(-c3sc(C(=O)NC4CCOCC4)nc3CC3CCCCC3)cc2C(C)(C)C)o1. The van der Waals surface area contributed by atoms with Gasteiger partial charge in [-0.1, -0.05) is 79.7 Å². The minimum atomic E-state index is -0.217. The van der Waals surface area contributed by atoms with Crippen LogP contribution in [0.5, 0.6) is 0 Å². The second-order valence-corrected chi connectivity index (χ2v) is 14.5. The van der Waals surface area contributed by atoms with Gasteiger partial charge in [0.05, 0.1) is 10.6 Å². The fourth-order valence-electron chi connectivity index (χ4n) is 5.69. The molecule has 3 aromatic rings. The Labute approximate surface area is 242 Å². The van der Waals surface area contributed by atoms with Gasteiger partial charge in [-0.05, 0) is 53.9 Å². The molecule has 5 rings (SSSR count). The van der Waals surface area contributed by atoms with E-state index < -0.39 is 0 Å². The Kier molecular flexibility index (Phi) is 8.48. The van der Waals surface area contributed by atoms with Crippen molar-refractivity contribution >= 4 is 17.2 Å². The van der Waals surface area contributed by atoms with E-state index in [0.717, 1.165) is 46.5 Å². The summed E-state index contributed by atoms with van der Waals surface area (Å²) in [6.07, 6.45) is 8.98. The lowest BCUT2D eigenvalue weighted by Gasteiger charge is -2.23. The quantitative estimate of drug-likeness (QED) is 0.334. The number of rotatable bonds is 6. The lowest BCUT2D eigenvalue weighted by atomic mass is 9.82. The lowest BCUT2D eigenvalue weighted by molar-refractivity contribution is 0.0696. The van der Waals surface area contributed by atoms with E-state index in [4.69, 9.17) is 14.1 Å². The van der Waals surface area contributed by atoms with Crippen molar-refractivity contribution in [3.8, 4) is 21.9 Å². The summed E-state index contributed by atoms with van der Waals surface area (Å²) in [5, 5.41) is 12.5. The molecule has 2 fully saturated rings. The number of thiazole rings is 1. The van der Waals surface area contributed by atoms with E-state index in [1.807, 2.05) is 0 Å². The molecule has 0 bridgehead atoms. The fraction of sp³-hybridized carbons (Fsp3) is 0.625. The van der Waals surface area contributed by atoms with E-state index >= 15 is 0 Å². The predicted octanol–water partition coefficient (Wildman–Crippen LogP) is 7.49. The lowest BCUT2D eigenvalue weighted by Crippen LogP contribution is -2.38. The van der Waals surface area contributed by atoms with Crippen LogP contribution in [0.25, 0.3) is 21.9 Å². The van der Waals surface area contributed by atoms with Crippen molar-refractivity contribution in [3.63, 3.8) is 0 Å². The maximum absolute atomic E-state index is 13.3. The average molecular weight is 565 g/mol. The normalized spacial score (nSPS) is 17.8. The molecule has 0 atom stereocenters. The number of ether oxygens (including phenoxy) is 1. The highest BCUT2D eigenvalue weighted by Crippen LogP contribution is 2.40. The van der Waals surface area contributed by atoms with Crippen LogP contribution in [0.4, 0.5) is 0 Å². The Balaban J connectivity index is 1.52. The highest BCUT2D eigenvalue weighted by molar-refractivity contribution is 7.17. The Morgan fingerprint density at radius 3 is 2.35 bits per heavy atom. The maximum atomic E-state index is 13.3. The van der Waals surface area contributed by atoms with Gasteiger partial charge in [0.2, 0.25) is 11.8 Å². The first kappa shape index (κ1) is 28.9. The van der Waals surface area contributed by atoms with E-state index in [-0.39, 0.29) is 22.8 Å². The molecule has 7 nitrogen and oxygen atoms in total. The fourth-order valence-corrected chi connectivity index (χ4v) is 6.69. The summed E-state index contributed by atoms with van der Waals surface area (Å²) in [4.78, 5) is 19.4. The van der Waals surface area contributed by atoms with E-state index in [0.29, 0.717) is 35.9 Å². The van der Waals surface area contributed by atoms with Crippen LogP contribution >= 0.6 is 11.3 Å². The summed E-state index contributed by atoms with van der Waals surface area (Å²) in [7, 11) is 0. The molecule has 2 aromatic heterocycles. The molecule has 3 heterocycles. The third-order valence-corrected chi connectivity index (χ3v) is 9.19. The van der Waals surface area contributed by atoms with Gasteiger partial charge in [-0.3, -0.25) is 4.79 Å². The van der Waals surface area contributed by atoms with E-state index in [2.05, 4.69) is 75.3 Å². The van der Waals surface area contributed by atoms with Crippen molar-refractivity contribution in [1.82, 2.24) is 20.5 Å². The summed E-state index contributed by atoms with van der Waals surface area (Å²) in [5.74, 6) is 1.73. The van der Waals surface area contributed by atoms with Gasteiger partial charge in [0.25, 0.3) is 5.91 Å². The monoisotopic (exact) mass is 564 g/mol. The molecule has 1 N–H and O–H groups in total. The molecule has 1 amide bonds. The summed E-state index contributed by atoms with van der Waals surface area (Å²) in [6, 6.07) is 6.62. The number of hydrogen-bond acceptors (Lipinski definition) is 7. The van der Waals surface area contributed by atoms with Crippen LogP contribution in [-0.2, 0) is 22.0 Å². The van der Waals surface area contributed by atoms with Gasteiger partial charge < -0.3 is 14.5 Å². The van der Waals surface area contributed by atoms with Gasteiger partial charge in [0.15, 0.2) is 5.01 Å². The van der Waals surface area contributed by atoms with E-state index in [1.54, 1.807) is 0 Å². The largest absolute Gasteiger partial charge is 0.420 e. The molecule has 1 aliphatic heterocycles. The summed E-state index contributed by atoms with van der Waals surface area (Å²) < 4.78 is 11.6. The molecule has 1 aromatic carbocycles. The first-order valence-electron chi connectivity index (χ1n) is 14.9. The van der Waals surface area contributed by atoms with Crippen LogP contribution in [0.3, 0.4) is 0 Å². The average Bonchev–Trinajstić information content (AvgIpc) is 3.57. The molecule has 1 saturated heterocycles. The van der Waals surface area contributed by atoms with Crippen molar-refractivity contribution in [2.45, 2.75) is 110 Å². The van der Waals surface area contributed by atoms with Gasteiger partial charge >= 0.3 is 0 Å². The Morgan fingerprint density at radius 1 is 0.975 bits per heavy atom. The van der Waals surface area contributed by atoms with Crippen LogP contribution in [0.1, 0.15) is 113 Å². The van der Waals surface area contributed by atoms with Gasteiger partial charge in [-0.15, -0.1) is 21.5 Å². The molecule has 216 valence electrons. The number of hydrogen-bond donors (Lipinski definition) is 1. The minimum Gasteiger partial charge on any atom is -0.420 e. The maximum Gasteiger partial charge on any atom is 0.280 e. The smallest absolute Gasteiger partial charge is 0.280 e. The van der Waals surface area contributed by atoms with Crippen LogP contribution in [0.2, 0.25) is 0 Å². The molecule has 0 unspecified atom stereocenters. The number of nitrogens with one attached hydrogen (secondary N) is 1. The van der Waals surface area contributed by atoms with Crippen molar-refractivity contribution in [2.24, 2.45) is 5.92 Å². The number of aromatic nitrogens is 3. The number of nitrogens with zero attached hydrogens (tertiary/aromatic N) is 3. The van der Waals surface area contributed by atoms with Gasteiger partial charge in [0.1, 0.15) is 0 Å². The van der Waals surface area contributed by atoms with Crippen molar-refractivity contribution in [3.05, 3.63) is 40.4 Å². The Hall–Kier alpha value is -2.58. The number of carbonyl (C=O) groups excluding carboxylic acids is 1. The standard InChI is InChI=1S/C32H44N4O3S/c1-31(2,3)24-19-21(12-13-23(24)28-35-36-30(39-28)32(4,5)6)26-25(18-20-10-8-7-9-11-20)34-29(40-26)27(37)33-22-14-16-38-17-15-22/h12-13,19-20,22H,7-11,14-18H2,1-6H3,(H,33,37). The highest BCUT2D eigenvalue weighted by atomic mass is 32.1. The molecular weight excluding hydrogens is 520 g/mol. The molecule has 0 radical (unpaired) electrons. The van der Waals surface area contributed by atoms with Crippen LogP contribution in [0, 0.1) is 5.92 Å². The van der Waals surface area contributed by atoms with Gasteiger partial charge in [-0.2, -0.15) is 0 Å². The van der Waals surface area contributed by atoms with E-state index in [9.17, 15) is 4.79 Å². The Morgan fingerprint density at radius 2 is 1.70 bits per heavy atom. The van der Waals surface area contributed by atoms with E-state index in [1.165, 1.54) is 43.4 Å². The molecule has 0 spiro atoms. The highest BCUT2D eigenvalue weighted by Gasteiger charge is 2.28. The number of carbonyl (C=O) groups is 1. The third-order valence-electron chi connectivity index (χ3n) is 8.04. The molecule has 1 aliphatic carbocycles. The van der Waals surface area contributed by atoms with Crippen LogP contribution in [-0.4, -0.2) is 40.3 Å². The summed E-state index contributed by atoms with van der Waals surface area (Å²) >= 11 is 1.52. The first-order chi connectivity index (χ1) is 19.0. The van der Waals surface area contributed by atoms with Gasteiger partial charge in [-0.25, -0.2) is 4.98 Å². The second-order valence-electron chi connectivity index (χ2n) is 13.5. The topological polar surface area (TPSA) is 90.1 Å². The number of amides is 1. The molecule has 2 aliphatic rings. The Bertz CT molecular complexity index is 1320. The third kappa shape index (κ3) is 6.65. The van der Waals surface area contributed by atoms with Crippen molar-refractivity contribution < 1.29 is 13.9 Å². The zero-order valence-electron chi connectivity index (χ0n) is 24.9. The molecule has 1 saturated carbocycles. The van der Waals surface area contributed by atoms with Gasteiger partial charge in [0, 0.05) is 30.2 Å². The van der Waals surface area contributed by atoms with Crippen molar-refractivity contribution in [1.29, 1.82) is 0 Å². The van der Waals surface area contributed by atoms with Crippen LogP contribution in [0.15, 0.2) is 22.6 Å². The minimum absolute atomic E-state index is 0.0683. The molecule has 8 heteroatoms. The predicted molar refractivity (Wildman–Crippen MR) is 160 cm³/mol. The summed E-state index contributed by atoms with van der Waals surface area (Å²) in [5.41, 5.74) is 3.87. The molecular formula is C32H44N4O3S. The zero-order chi connectivity index (χ0) is 28.5. The second kappa shape index (κ2) is 11.7. The number of benzene rings is 1. The zero-order valence-corrected chi connectivity index (χ0v) is 25.7.